The highest BCUT2D eigenvalue weighted by Gasteiger charge is 2.30. The van der Waals surface area contributed by atoms with Crippen LogP contribution in [0.5, 0.6) is 17.2 Å². The molecule has 3 rings (SSSR count). The lowest BCUT2D eigenvalue weighted by atomic mass is 10.00. The van der Waals surface area contributed by atoms with E-state index in [1.165, 1.54) is 4.88 Å². The number of hydrogen-bond acceptors (Lipinski definition) is 6. The van der Waals surface area contributed by atoms with Crippen LogP contribution in [-0.4, -0.2) is 50.4 Å². The van der Waals surface area contributed by atoms with Crippen LogP contribution in [0.2, 0.25) is 0 Å². The number of benzene rings is 1. The molecule has 1 saturated heterocycles. The number of methoxy groups -OCH3 is 2. The van der Waals surface area contributed by atoms with Gasteiger partial charge in [-0.15, -0.1) is 11.3 Å². The number of nitrogens with one attached hydrogen (secondary N) is 1. The van der Waals surface area contributed by atoms with Crippen molar-refractivity contribution in [3.8, 4) is 17.2 Å². The van der Waals surface area contributed by atoms with Gasteiger partial charge in [-0.25, -0.2) is 0 Å². The molecular formula is C17H22N2O3S. The molecule has 0 aliphatic carbocycles. The van der Waals surface area contributed by atoms with Crippen molar-refractivity contribution in [2.24, 2.45) is 0 Å². The number of rotatable bonds is 5. The second kappa shape index (κ2) is 7.21. The van der Waals surface area contributed by atoms with Gasteiger partial charge in [0.05, 0.1) is 25.8 Å². The van der Waals surface area contributed by atoms with E-state index >= 15 is 0 Å². The Labute approximate surface area is 140 Å². The minimum absolute atomic E-state index is 0.0158. The van der Waals surface area contributed by atoms with Crippen LogP contribution in [-0.2, 0) is 0 Å². The molecule has 0 saturated carbocycles. The molecule has 0 unspecified atom stereocenters. The molecule has 1 atom stereocenters. The summed E-state index contributed by atoms with van der Waals surface area (Å²) in [4.78, 5) is 3.58. The van der Waals surface area contributed by atoms with E-state index < -0.39 is 0 Å². The maximum absolute atomic E-state index is 10.6. The summed E-state index contributed by atoms with van der Waals surface area (Å²) in [5.41, 5.74) is 0.803. The highest BCUT2D eigenvalue weighted by molar-refractivity contribution is 7.10. The minimum atomic E-state index is -0.0158. The number of thiophene rings is 1. The van der Waals surface area contributed by atoms with Crippen molar-refractivity contribution in [2.75, 3.05) is 40.4 Å². The van der Waals surface area contributed by atoms with Crippen LogP contribution in [0, 0.1) is 0 Å². The summed E-state index contributed by atoms with van der Waals surface area (Å²) < 4.78 is 10.8. The molecule has 2 aromatic rings. The van der Waals surface area contributed by atoms with Crippen LogP contribution in [0.1, 0.15) is 16.5 Å². The van der Waals surface area contributed by atoms with E-state index in [9.17, 15) is 5.11 Å². The monoisotopic (exact) mass is 334 g/mol. The molecule has 2 heterocycles. The number of piperazine rings is 1. The van der Waals surface area contributed by atoms with Gasteiger partial charge in [-0.1, -0.05) is 6.07 Å². The second-order valence-corrected chi connectivity index (χ2v) is 6.45. The lowest BCUT2D eigenvalue weighted by molar-refractivity contribution is 0.194. The van der Waals surface area contributed by atoms with Crippen LogP contribution >= 0.6 is 11.3 Å². The first-order valence-corrected chi connectivity index (χ1v) is 8.55. The molecule has 23 heavy (non-hydrogen) atoms. The third kappa shape index (κ3) is 3.29. The number of phenolic OH excluding ortho intramolecular Hbond substituents is 1. The average Bonchev–Trinajstić information content (AvgIpc) is 3.11. The van der Waals surface area contributed by atoms with Gasteiger partial charge in [-0.2, -0.15) is 0 Å². The minimum Gasteiger partial charge on any atom is -0.507 e. The smallest absolute Gasteiger partial charge is 0.131 e. The largest absolute Gasteiger partial charge is 0.507 e. The zero-order chi connectivity index (χ0) is 16.2. The van der Waals surface area contributed by atoms with E-state index in [0.29, 0.717) is 11.5 Å². The van der Waals surface area contributed by atoms with Crippen LogP contribution in [0.25, 0.3) is 0 Å². The molecule has 1 aliphatic heterocycles. The van der Waals surface area contributed by atoms with Crippen molar-refractivity contribution in [3.05, 3.63) is 40.1 Å². The van der Waals surface area contributed by atoms with Crippen molar-refractivity contribution in [2.45, 2.75) is 6.04 Å². The fourth-order valence-electron chi connectivity index (χ4n) is 3.04. The molecule has 1 aromatic carbocycles. The normalized spacial score (nSPS) is 17.0. The first-order valence-electron chi connectivity index (χ1n) is 7.67. The van der Waals surface area contributed by atoms with Gasteiger partial charge in [0, 0.05) is 43.2 Å². The van der Waals surface area contributed by atoms with Gasteiger partial charge in [-0.05, 0) is 11.4 Å². The van der Waals surface area contributed by atoms with Gasteiger partial charge < -0.3 is 19.9 Å². The fourth-order valence-corrected chi connectivity index (χ4v) is 3.91. The Hall–Kier alpha value is -1.76. The molecule has 1 aromatic heterocycles. The van der Waals surface area contributed by atoms with Gasteiger partial charge in [0.2, 0.25) is 0 Å². The number of nitrogens with zero attached hydrogens (tertiary/aromatic N) is 1. The second-order valence-electron chi connectivity index (χ2n) is 5.47. The van der Waals surface area contributed by atoms with Gasteiger partial charge in [0.15, 0.2) is 0 Å². The van der Waals surface area contributed by atoms with Crippen LogP contribution in [0.3, 0.4) is 0 Å². The summed E-state index contributed by atoms with van der Waals surface area (Å²) in [7, 11) is 3.21. The van der Waals surface area contributed by atoms with E-state index in [2.05, 4.69) is 21.7 Å². The maximum atomic E-state index is 10.6. The van der Waals surface area contributed by atoms with E-state index in [4.69, 9.17) is 9.47 Å². The molecule has 0 radical (unpaired) electrons. The third-order valence-corrected chi connectivity index (χ3v) is 5.08. The Bertz CT molecular complexity index is 640. The molecular weight excluding hydrogens is 312 g/mol. The zero-order valence-corrected chi connectivity index (χ0v) is 14.2. The molecule has 124 valence electrons. The Morgan fingerprint density at radius 1 is 1.22 bits per heavy atom. The van der Waals surface area contributed by atoms with Gasteiger partial charge in [0.25, 0.3) is 0 Å². The standard InChI is InChI=1S/C17H22N2O3S/c1-21-12-10-13(20)16(14(11-12)22-2)17(15-4-3-9-23-15)19-7-5-18-6-8-19/h3-4,9-11,17-18,20H,5-8H2,1-2H3/t17-/m0/s1. The number of aromatic hydroxyl groups is 1. The molecule has 1 fully saturated rings. The number of ether oxygens (including phenoxy) is 2. The predicted octanol–water partition coefficient (Wildman–Crippen LogP) is 2.47. The first-order chi connectivity index (χ1) is 11.2. The highest BCUT2D eigenvalue weighted by atomic mass is 32.1. The quantitative estimate of drug-likeness (QED) is 0.880. The highest BCUT2D eigenvalue weighted by Crippen LogP contribution is 2.44. The lowest BCUT2D eigenvalue weighted by Gasteiger charge is -2.35. The fraction of sp³-hybridized carbons (Fsp3) is 0.412. The lowest BCUT2D eigenvalue weighted by Crippen LogP contribution is -2.45. The summed E-state index contributed by atoms with van der Waals surface area (Å²) in [6, 6.07) is 7.62. The Balaban J connectivity index is 2.09. The third-order valence-electron chi connectivity index (χ3n) is 4.15. The molecule has 0 bridgehead atoms. The Morgan fingerprint density at radius 3 is 2.61 bits per heavy atom. The summed E-state index contributed by atoms with van der Waals surface area (Å²) in [6.07, 6.45) is 0. The van der Waals surface area contributed by atoms with E-state index in [1.807, 2.05) is 12.1 Å². The van der Waals surface area contributed by atoms with Crippen molar-refractivity contribution in [1.82, 2.24) is 10.2 Å². The SMILES string of the molecule is COc1cc(O)c([C@H](c2cccs2)N2CCNCC2)c(OC)c1. The first kappa shape index (κ1) is 16.1. The zero-order valence-electron chi connectivity index (χ0n) is 13.4. The van der Waals surface area contributed by atoms with Crippen LogP contribution in [0.15, 0.2) is 29.6 Å². The number of hydrogen-bond donors (Lipinski definition) is 2. The summed E-state index contributed by atoms with van der Waals surface area (Å²) >= 11 is 1.70. The van der Waals surface area contributed by atoms with Crippen molar-refractivity contribution < 1.29 is 14.6 Å². The van der Waals surface area contributed by atoms with Crippen molar-refractivity contribution >= 4 is 11.3 Å². The topological polar surface area (TPSA) is 54.0 Å². The van der Waals surface area contributed by atoms with E-state index in [1.54, 1.807) is 31.6 Å². The van der Waals surface area contributed by atoms with Crippen molar-refractivity contribution in [3.63, 3.8) is 0 Å². The molecule has 6 heteroatoms. The maximum Gasteiger partial charge on any atom is 0.131 e. The molecule has 0 amide bonds. The Morgan fingerprint density at radius 2 is 2.00 bits per heavy atom. The molecule has 0 spiro atoms. The summed E-state index contributed by atoms with van der Waals surface area (Å²) in [6.45, 7) is 3.75. The van der Waals surface area contributed by atoms with Gasteiger partial charge in [0.1, 0.15) is 17.2 Å². The number of phenols is 1. The van der Waals surface area contributed by atoms with Gasteiger partial charge in [-0.3, -0.25) is 4.90 Å². The summed E-state index contributed by atoms with van der Waals surface area (Å²) in [5, 5.41) is 16.1. The predicted molar refractivity (Wildman–Crippen MR) is 91.8 cm³/mol. The Kier molecular flexibility index (Phi) is 5.05. The van der Waals surface area contributed by atoms with Crippen LogP contribution < -0.4 is 14.8 Å². The summed E-state index contributed by atoms with van der Waals surface area (Å²) in [5.74, 6) is 1.45. The molecule has 2 N–H and O–H groups in total. The van der Waals surface area contributed by atoms with Crippen LogP contribution in [0.4, 0.5) is 0 Å². The molecule has 1 aliphatic rings. The molecule has 5 nitrogen and oxygen atoms in total. The average molecular weight is 334 g/mol. The van der Waals surface area contributed by atoms with Crippen molar-refractivity contribution in [1.29, 1.82) is 0 Å². The van der Waals surface area contributed by atoms with E-state index in [-0.39, 0.29) is 11.8 Å². The van der Waals surface area contributed by atoms with Gasteiger partial charge >= 0.3 is 0 Å². The van der Waals surface area contributed by atoms with E-state index in [0.717, 1.165) is 31.7 Å².